The zero-order chi connectivity index (χ0) is 21.9. The van der Waals surface area contributed by atoms with Crippen molar-refractivity contribution >= 4 is 17.5 Å². The minimum Gasteiger partial charge on any atom is -0.490 e. The van der Waals surface area contributed by atoms with Gasteiger partial charge in [-0.05, 0) is 61.6 Å². The van der Waals surface area contributed by atoms with Gasteiger partial charge in [-0.15, -0.1) is 0 Å². The predicted molar refractivity (Wildman–Crippen MR) is 119 cm³/mol. The first-order chi connectivity index (χ1) is 15.7. The van der Waals surface area contributed by atoms with Crippen LogP contribution in [0.2, 0.25) is 0 Å². The summed E-state index contributed by atoms with van der Waals surface area (Å²) < 4.78 is 17.0. The Hall–Kier alpha value is -3.06. The van der Waals surface area contributed by atoms with Gasteiger partial charge in [-0.25, -0.2) is 0 Å². The van der Waals surface area contributed by atoms with Crippen LogP contribution in [0, 0.1) is 0 Å². The first kappa shape index (κ1) is 20.8. The van der Waals surface area contributed by atoms with Gasteiger partial charge in [0.2, 0.25) is 0 Å². The number of benzene rings is 2. The summed E-state index contributed by atoms with van der Waals surface area (Å²) in [4.78, 5) is 27.7. The number of fused-ring (bicyclic) bond motifs is 1. The lowest BCUT2D eigenvalue weighted by atomic mass is 10.0. The highest BCUT2D eigenvalue weighted by atomic mass is 16.5. The molecule has 32 heavy (non-hydrogen) atoms. The number of anilines is 1. The van der Waals surface area contributed by atoms with Crippen LogP contribution in [0.3, 0.4) is 0 Å². The van der Waals surface area contributed by atoms with Crippen LogP contribution in [0.15, 0.2) is 42.5 Å². The number of carbonyl (C=O) groups is 2. The Kier molecular flexibility index (Phi) is 5.99. The van der Waals surface area contributed by atoms with E-state index in [0.717, 1.165) is 49.2 Å². The number of likely N-dealkylation sites (tertiary alicyclic amines) is 1. The zero-order valence-corrected chi connectivity index (χ0v) is 18.0. The van der Waals surface area contributed by atoms with Crippen molar-refractivity contribution in [3.63, 3.8) is 0 Å². The molecule has 0 saturated carbocycles. The highest BCUT2D eigenvalue weighted by molar-refractivity contribution is 5.98. The number of ether oxygens (including phenoxy) is 3. The molecule has 3 aliphatic rings. The van der Waals surface area contributed by atoms with Crippen molar-refractivity contribution in [2.24, 2.45) is 0 Å². The van der Waals surface area contributed by atoms with Gasteiger partial charge in [-0.1, -0.05) is 12.1 Å². The van der Waals surface area contributed by atoms with Crippen LogP contribution in [0.4, 0.5) is 5.69 Å². The summed E-state index contributed by atoms with van der Waals surface area (Å²) >= 11 is 0. The van der Waals surface area contributed by atoms with Gasteiger partial charge < -0.3 is 24.4 Å². The molecule has 2 fully saturated rings. The second-order valence-electron chi connectivity index (χ2n) is 8.48. The van der Waals surface area contributed by atoms with Crippen molar-refractivity contribution in [3.8, 4) is 11.5 Å². The van der Waals surface area contributed by atoms with Crippen LogP contribution >= 0.6 is 0 Å². The zero-order valence-electron chi connectivity index (χ0n) is 18.0. The van der Waals surface area contributed by atoms with Gasteiger partial charge in [-0.2, -0.15) is 0 Å². The van der Waals surface area contributed by atoms with Gasteiger partial charge >= 0.3 is 0 Å². The maximum atomic E-state index is 13.4. The van der Waals surface area contributed by atoms with Crippen molar-refractivity contribution in [3.05, 3.63) is 53.6 Å². The molecule has 3 aliphatic heterocycles. The Morgan fingerprint density at radius 2 is 1.78 bits per heavy atom. The second-order valence-corrected chi connectivity index (χ2v) is 8.48. The van der Waals surface area contributed by atoms with E-state index < -0.39 is 6.10 Å². The minimum absolute atomic E-state index is 0.00945. The van der Waals surface area contributed by atoms with Crippen molar-refractivity contribution in [1.82, 2.24) is 4.90 Å². The summed E-state index contributed by atoms with van der Waals surface area (Å²) in [6.45, 7) is 2.60. The Morgan fingerprint density at radius 1 is 0.906 bits per heavy atom. The molecule has 5 rings (SSSR count). The molecule has 2 saturated heterocycles. The molecule has 168 valence electrons. The summed E-state index contributed by atoms with van der Waals surface area (Å²) in [5, 5.41) is 2.89. The van der Waals surface area contributed by atoms with E-state index >= 15 is 0 Å². The number of nitrogens with zero attached hydrogens (tertiary/aromatic N) is 1. The van der Waals surface area contributed by atoms with Crippen molar-refractivity contribution in [1.29, 1.82) is 0 Å². The van der Waals surface area contributed by atoms with E-state index in [-0.39, 0.29) is 17.9 Å². The number of hydrogen-bond acceptors (Lipinski definition) is 5. The molecule has 2 amide bonds. The SMILES string of the molecule is O=C(Nc1cccc(C(=O)N2CCC[C@@H]2c2ccc3c(c2)OCCCO3)c1)[C@H]1CCCO1. The minimum atomic E-state index is -0.406. The molecule has 0 aliphatic carbocycles. The summed E-state index contributed by atoms with van der Waals surface area (Å²) in [5.74, 6) is 1.32. The molecule has 7 nitrogen and oxygen atoms in total. The molecule has 2 aromatic rings. The molecule has 0 radical (unpaired) electrons. The topological polar surface area (TPSA) is 77.1 Å². The fraction of sp³-hybridized carbons (Fsp3) is 0.440. The maximum absolute atomic E-state index is 13.4. The van der Waals surface area contributed by atoms with E-state index in [9.17, 15) is 9.59 Å². The standard InChI is InChI=1S/C25H28N2O5/c28-24(22-8-3-12-31-22)26-19-6-1-5-18(15-19)25(29)27-11-2-7-20(27)17-9-10-21-23(16-17)32-14-4-13-30-21/h1,5-6,9-10,15-16,20,22H,2-4,7-8,11-14H2,(H,26,28)/t20-,22-/m1/s1. The molecular formula is C25H28N2O5. The van der Waals surface area contributed by atoms with Gasteiger partial charge in [-0.3, -0.25) is 9.59 Å². The maximum Gasteiger partial charge on any atom is 0.254 e. The molecule has 0 bridgehead atoms. The predicted octanol–water partition coefficient (Wildman–Crippen LogP) is 3.94. The van der Waals surface area contributed by atoms with Crippen LogP contribution in [0.25, 0.3) is 0 Å². The molecule has 3 heterocycles. The lowest BCUT2D eigenvalue weighted by Crippen LogP contribution is -2.31. The van der Waals surface area contributed by atoms with E-state index in [1.165, 1.54) is 0 Å². The molecule has 0 aromatic heterocycles. The third-order valence-electron chi connectivity index (χ3n) is 6.27. The van der Waals surface area contributed by atoms with Gasteiger partial charge in [0.25, 0.3) is 11.8 Å². The van der Waals surface area contributed by atoms with Gasteiger partial charge in [0.15, 0.2) is 11.5 Å². The number of amides is 2. The Labute approximate surface area is 187 Å². The third kappa shape index (κ3) is 4.30. The lowest BCUT2D eigenvalue weighted by molar-refractivity contribution is -0.124. The second kappa shape index (κ2) is 9.20. The Bertz CT molecular complexity index is 1000. The molecular weight excluding hydrogens is 408 g/mol. The van der Waals surface area contributed by atoms with Crippen molar-refractivity contribution < 1.29 is 23.8 Å². The first-order valence-corrected chi connectivity index (χ1v) is 11.4. The molecule has 0 spiro atoms. The highest BCUT2D eigenvalue weighted by Crippen LogP contribution is 2.38. The van der Waals surface area contributed by atoms with Gasteiger partial charge in [0.05, 0.1) is 19.3 Å². The summed E-state index contributed by atoms with van der Waals surface area (Å²) in [6, 6.07) is 13.1. The fourth-order valence-electron chi connectivity index (χ4n) is 4.65. The van der Waals surface area contributed by atoms with Crippen molar-refractivity contribution in [2.45, 2.75) is 44.2 Å². The third-order valence-corrected chi connectivity index (χ3v) is 6.27. The fourth-order valence-corrected chi connectivity index (χ4v) is 4.65. The normalized spacial score (nSPS) is 22.4. The molecule has 0 unspecified atom stereocenters. The molecule has 7 heteroatoms. The monoisotopic (exact) mass is 436 g/mol. The van der Waals surface area contributed by atoms with Gasteiger partial charge in [0.1, 0.15) is 6.10 Å². The average Bonchev–Trinajstić information content (AvgIpc) is 3.47. The van der Waals surface area contributed by atoms with Gasteiger partial charge in [0, 0.05) is 30.8 Å². The number of carbonyl (C=O) groups excluding carboxylic acids is 2. The van der Waals surface area contributed by atoms with E-state index in [0.29, 0.717) is 37.6 Å². The van der Waals surface area contributed by atoms with Crippen LogP contribution in [0.1, 0.15) is 54.1 Å². The average molecular weight is 437 g/mol. The Balaban J connectivity index is 1.32. The highest BCUT2D eigenvalue weighted by Gasteiger charge is 2.32. The largest absolute Gasteiger partial charge is 0.490 e. The number of hydrogen-bond donors (Lipinski definition) is 1. The van der Waals surface area contributed by atoms with Crippen LogP contribution < -0.4 is 14.8 Å². The van der Waals surface area contributed by atoms with E-state index in [2.05, 4.69) is 5.32 Å². The summed E-state index contributed by atoms with van der Waals surface area (Å²) in [7, 11) is 0. The molecule has 1 N–H and O–H groups in total. The number of rotatable bonds is 4. The first-order valence-electron chi connectivity index (χ1n) is 11.4. The molecule has 2 atom stereocenters. The van der Waals surface area contributed by atoms with Crippen molar-refractivity contribution in [2.75, 3.05) is 31.7 Å². The van der Waals surface area contributed by atoms with E-state index in [4.69, 9.17) is 14.2 Å². The summed E-state index contributed by atoms with van der Waals surface area (Å²) in [6.07, 6.45) is 3.93. The molecule has 2 aromatic carbocycles. The lowest BCUT2D eigenvalue weighted by Gasteiger charge is -2.26. The van der Waals surface area contributed by atoms with Crippen LogP contribution in [-0.4, -0.2) is 49.2 Å². The quantitative estimate of drug-likeness (QED) is 0.786. The Morgan fingerprint density at radius 3 is 2.62 bits per heavy atom. The van der Waals surface area contributed by atoms with E-state index in [1.807, 2.05) is 23.1 Å². The van der Waals surface area contributed by atoms with Crippen LogP contribution in [-0.2, 0) is 9.53 Å². The summed E-state index contributed by atoms with van der Waals surface area (Å²) in [5.41, 5.74) is 2.24. The smallest absolute Gasteiger partial charge is 0.254 e. The van der Waals surface area contributed by atoms with Crippen LogP contribution in [0.5, 0.6) is 11.5 Å². The number of nitrogens with one attached hydrogen (secondary N) is 1. The van der Waals surface area contributed by atoms with E-state index in [1.54, 1.807) is 24.3 Å².